The number of nitrogens with zero attached hydrogens (tertiary/aromatic N) is 3. The van der Waals surface area contributed by atoms with Crippen molar-refractivity contribution in [3.63, 3.8) is 0 Å². The Bertz CT molecular complexity index is 1440. The van der Waals surface area contributed by atoms with Crippen LogP contribution in [0.25, 0.3) is 0 Å². The van der Waals surface area contributed by atoms with Crippen molar-refractivity contribution in [1.29, 1.82) is 5.26 Å². The van der Waals surface area contributed by atoms with Gasteiger partial charge in [-0.1, -0.05) is 49.2 Å². The number of aryl methyl sites for hydroxylation is 1. The van der Waals surface area contributed by atoms with Crippen molar-refractivity contribution >= 4 is 17.4 Å². The van der Waals surface area contributed by atoms with Gasteiger partial charge < -0.3 is 9.47 Å². The van der Waals surface area contributed by atoms with Gasteiger partial charge in [0.15, 0.2) is 0 Å². The van der Waals surface area contributed by atoms with E-state index in [1.54, 1.807) is 0 Å². The lowest BCUT2D eigenvalue weighted by molar-refractivity contribution is 0.0526. The Morgan fingerprint density at radius 3 is 2.64 bits per heavy atom. The molecule has 2 atom stereocenters. The standard InChI is InChI=1S/C33H33N3O3/c1-2-38-33(37)25-14-16-28-24(18-25)13-17-29-31(28)35-36(32(29)23-10-6-7-11-23)27-15-12-26(20-34)30(19-27)39-21-22-8-4-3-5-9-22/h3-5,8-9,12,14-16,18-19,23,29,32H,2,6-7,10-11,13,17,21H2,1H3/t29-,32-/m0/s1. The number of nitriles is 1. The van der Waals surface area contributed by atoms with Crippen LogP contribution in [0, 0.1) is 23.2 Å². The molecule has 0 aromatic heterocycles. The Balaban J connectivity index is 1.35. The first kappa shape index (κ1) is 25.2. The van der Waals surface area contributed by atoms with E-state index in [-0.39, 0.29) is 12.0 Å². The minimum Gasteiger partial charge on any atom is -0.487 e. The summed E-state index contributed by atoms with van der Waals surface area (Å²) in [6.45, 7) is 2.59. The normalized spacial score (nSPS) is 20.1. The molecule has 0 bridgehead atoms. The summed E-state index contributed by atoms with van der Waals surface area (Å²) in [6.07, 6.45) is 6.86. The van der Waals surface area contributed by atoms with E-state index in [0.29, 0.717) is 41.9 Å². The lowest BCUT2D eigenvalue weighted by Gasteiger charge is -2.34. The highest BCUT2D eigenvalue weighted by Gasteiger charge is 2.45. The zero-order valence-electron chi connectivity index (χ0n) is 22.3. The van der Waals surface area contributed by atoms with Gasteiger partial charge in [-0.25, -0.2) is 4.79 Å². The van der Waals surface area contributed by atoms with Crippen molar-refractivity contribution in [1.82, 2.24) is 0 Å². The molecule has 1 heterocycles. The average Bonchev–Trinajstić information content (AvgIpc) is 3.64. The van der Waals surface area contributed by atoms with Gasteiger partial charge >= 0.3 is 5.97 Å². The van der Waals surface area contributed by atoms with Crippen LogP contribution in [0.5, 0.6) is 5.75 Å². The largest absolute Gasteiger partial charge is 0.487 e. The molecule has 3 aromatic carbocycles. The predicted octanol–water partition coefficient (Wildman–Crippen LogP) is 6.66. The molecule has 1 saturated carbocycles. The molecule has 0 amide bonds. The number of anilines is 1. The van der Waals surface area contributed by atoms with Crippen LogP contribution >= 0.6 is 0 Å². The molecule has 0 radical (unpaired) electrons. The summed E-state index contributed by atoms with van der Waals surface area (Å²) in [7, 11) is 0. The Morgan fingerprint density at radius 2 is 1.87 bits per heavy atom. The van der Waals surface area contributed by atoms with Gasteiger partial charge in [-0.2, -0.15) is 10.4 Å². The monoisotopic (exact) mass is 519 g/mol. The summed E-state index contributed by atoms with van der Waals surface area (Å²) in [5.41, 5.74) is 6.55. The van der Waals surface area contributed by atoms with Crippen molar-refractivity contribution in [2.75, 3.05) is 11.6 Å². The molecule has 1 aliphatic heterocycles. The highest BCUT2D eigenvalue weighted by molar-refractivity contribution is 6.07. The summed E-state index contributed by atoms with van der Waals surface area (Å²) >= 11 is 0. The number of benzene rings is 3. The van der Waals surface area contributed by atoms with E-state index in [2.05, 4.69) is 17.1 Å². The van der Waals surface area contributed by atoms with Gasteiger partial charge in [-0.3, -0.25) is 5.01 Å². The number of carbonyl (C=O) groups is 1. The van der Waals surface area contributed by atoms with Gasteiger partial charge in [-0.15, -0.1) is 0 Å². The molecule has 6 rings (SSSR count). The number of rotatable bonds is 7. The first-order chi connectivity index (χ1) is 19.2. The number of hydrogen-bond acceptors (Lipinski definition) is 6. The molecule has 2 aliphatic carbocycles. The van der Waals surface area contributed by atoms with Gasteiger partial charge in [0.05, 0.1) is 35.2 Å². The SMILES string of the molecule is CCOC(=O)c1ccc2c(c1)CC[C@H]1C2=NN(c2ccc(C#N)c(OCc3ccccc3)c2)[C@H]1C1CCCC1. The fraction of sp³-hybridized carbons (Fsp3) is 0.364. The molecule has 0 unspecified atom stereocenters. The first-order valence-corrected chi connectivity index (χ1v) is 14.0. The summed E-state index contributed by atoms with van der Waals surface area (Å²) in [5.74, 6) is 1.21. The number of carbonyl (C=O) groups excluding carboxylic acids is 1. The van der Waals surface area contributed by atoms with Gasteiger partial charge in [-0.05, 0) is 73.9 Å². The van der Waals surface area contributed by atoms with E-state index < -0.39 is 0 Å². The molecule has 198 valence electrons. The van der Waals surface area contributed by atoms with E-state index in [1.165, 1.54) is 25.7 Å². The van der Waals surface area contributed by atoms with Crippen LogP contribution in [-0.2, 0) is 17.8 Å². The minimum absolute atomic E-state index is 0.273. The van der Waals surface area contributed by atoms with Crippen LogP contribution in [0.1, 0.15) is 71.6 Å². The van der Waals surface area contributed by atoms with Crippen LogP contribution < -0.4 is 9.75 Å². The fourth-order valence-corrected chi connectivity index (χ4v) is 6.51. The third-order valence-corrected chi connectivity index (χ3v) is 8.35. The van der Waals surface area contributed by atoms with E-state index >= 15 is 0 Å². The topological polar surface area (TPSA) is 74.9 Å². The second-order valence-electron chi connectivity index (χ2n) is 10.7. The predicted molar refractivity (Wildman–Crippen MR) is 151 cm³/mol. The quantitative estimate of drug-likeness (QED) is 0.326. The summed E-state index contributed by atoms with van der Waals surface area (Å²) in [5, 5.41) is 17.2. The second kappa shape index (κ2) is 10.9. The molecule has 6 heteroatoms. The Hall–Kier alpha value is -4.11. The maximum Gasteiger partial charge on any atom is 0.338 e. The number of fused-ring (bicyclic) bond motifs is 3. The zero-order valence-corrected chi connectivity index (χ0v) is 22.3. The van der Waals surface area contributed by atoms with Crippen molar-refractivity contribution in [2.24, 2.45) is 16.9 Å². The van der Waals surface area contributed by atoms with E-state index in [4.69, 9.17) is 14.6 Å². The summed E-state index contributed by atoms with van der Waals surface area (Å²) < 4.78 is 11.4. The van der Waals surface area contributed by atoms with Crippen molar-refractivity contribution in [2.45, 2.75) is 58.1 Å². The lowest BCUT2D eigenvalue weighted by Crippen LogP contribution is -2.40. The zero-order chi connectivity index (χ0) is 26.8. The van der Waals surface area contributed by atoms with E-state index in [1.807, 2.05) is 67.6 Å². The lowest BCUT2D eigenvalue weighted by atomic mass is 9.75. The summed E-state index contributed by atoms with van der Waals surface area (Å²) in [6, 6.07) is 24.3. The maximum atomic E-state index is 12.4. The Kier molecular flexibility index (Phi) is 7.06. The van der Waals surface area contributed by atoms with Gasteiger partial charge in [0.1, 0.15) is 18.4 Å². The maximum absolute atomic E-state index is 12.4. The molecule has 0 saturated heterocycles. The molecule has 3 aromatic rings. The minimum atomic E-state index is -0.276. The fourth-order valence-electron chi connectivity index (χ4n) is 6.51. The number of ether oxygens (including phenoxy) is 2. The highest BCUT2D eigenvalue weighted by atomic mass is 16.5. The van der Waals surface area contributed by atoms with Crippen molar-refractivity contribution in [3.05, 3.63) is 94.5 Å². The second-order valence-corrected chi connectivity index (χ2v) is 10.7. The molecule has 3 aliphatic rings. The molecular weight excluding hydrogens is 486 g/mol. The Labute approximate surface area is 229 Å². The molecule has 1 fully saturated rings. The van der Waals surface area contributed by atoms with Crippen LogP contribution in [0.3, 0.4) is 0 Å². The third kappa shape index (κ3) is 4.90. The van der Waals surface area contributed by atoms with Crippen LogP contribution in [0.15, 0.2) is 71.8 Å². The van der Waals surface area contributed by atoms with Crippen LogP contribution in [-0.4, -0.2) is 24.3 Å². The first-order valence-electron chi connectivity index (χ1n) is 14.0. The van der Waals surface area contributed by atoms with Crippen molar-refractivity contribution in [3.8, 4) is 11.8 Å². The molecule has 0 spiro atoms. The van der Waals surface area contributed by atoms with Crippen molar-refractivity contribution < 1.29 is 14.3 Å². The number of hydrazone groups is 1. The summed E-state index contributed by atoms with van der Waals surface area (Å²) in [4.78, 5) is 12.4. The number of hydrogen-bond donors (Lipinski definition) is 0. The Morgan fingerprint density at radius 1 is 1.05 bits per heavy atom. The molecule has 6 nitrogen and oxygen atoms in total. The molecular formula is C33H33N3O3. The molecule has 39 heavy (non-hydrogen) atoms. The van der Waals surface area contributed by atoms with Gasteiger partial charge in [0.2, 0.25) is 0 Å². The smallest absolute Gasteiger partial charge is 0.338 e. The average molecular weight is 520 g/mol. The van der Waals surface area contributed by atoms with Gasteiger partial charge in [0.25, 0.3) is 0 Å². The highest BCUT2D eigenvalue weighted by Crippen LogP contribution is 2.45. The van der Waals surface area contributed by atoms with Crippen LogP contribution in [0.4, 0.5) is 5.69 Å². The van der Waals surface area contributed by atoms with E-state index in [9.17, 15) is 10.1 Å². The third-order valence-electron chi connectivity index (χ3n) is 8.35. The van der Waals surface area contributed by atoms with E-state index in [0.717, 1.165) is 40.9 Å². The van der Waals surface area contributed by atoms with Gasteiger partial charge in [0, 0.05) is 17.5 Å². The van der Waals surface area contributed by atoms with Crippen LogP contribution in [0.2, 0.25) is 0 Å². The molecule has 0 N–H and O–H groups in total. The number of esters is 1.